The Morgan fingerprint density at radius 3 is 2.69 bits per heavy atom. The van der Waals surface area contributed by atoms with Crippen LogP contribution in [0.2, 0.25) is 0 Å². The molecule has 0 spiro atoms. The molecule has 264 valence electrons. The van der Waals surface area contributed by atoms with Crippen molar-refractivity contribution in [3.63, 3.8) is 0 Å². The van der Waals surface area contributed by atoms with Gasteiger partial charge in [-0.25, -0.2) is 14.8 Å². The van der Waals surface area contributed by atoms with E-state index in [-0.39, 0.29) is 19.3 Å². The van der Waals surface area contributed by atoms with Crippen molar-refractivity contribution in [1.82, 2.24) is 35.5 Å². The first kappa shape index (κ1) is 35.9. The monoisotopic (exact) mass is 676 g/mol. The number of carbonyl (C=O) groups excluding carboxylic acids is 1. The summed E-state index contributed by atoms with van der Waals surface area (Å²) in [5, 5.41) is 32.7. The molecule has 0 amide bonds. The summed E-state index contributed by atoms with van der Waals surface area (Å²) in [6.45, 7) is 10.2. The van der Waals surface area contributed by atoms with Gasteiger partial charge in [0.2, 0.25) is 12.1 Å². The van der Waals surface area contributed by atoms with E-state index < -0.39 is 17.8 Å². The third-order valence-electron chi connectivity index (χ3n) is 8.95. The Labute approximate surface area is 287 Å². The molecule has 1 aliphatic heterocycles. The van der Waals surface area contributed by atoms with Crippen molar-refractivity contribution >= 4 is 17.8 Å². The molecule has 1 saturated carbocycles. The first-order valence-electron chi connectivity index (χ1n) is 17.1. The quantitative estimate of drug-likeness (QED) is 0.187. The Balaban J connectivity index is 1.04. The molecule has 0 aromatic carbocycles. The lowest BCUT2D eigenvalue weighted by Crippen LogP contribution is -2.43. The fourth-order valence-electron chi connectivity index (χ4n) is 6.11. The molecule has 3 aromatic rings. The molecule has 2 aliphatic rings. The molecule has 3 aromatic heterocycles. The zero-order valence-electron chi connectivity index (χ0n) is 28.9. The van der Waals surface area contributed by atoms with Crippen LogP contribution in [0.4, 0.5) is 16.4 Å². The third kappa shape index (κ3) is 10.3. The van der Waals surface area contributed by atoms with Gasteiger partial charge in [-0.1, -0.05) is 6.07 Å². The maximum absolute atomic E-state index is 11.5. The van der Waals surface area contributed by atoms with E-state index in [4.69, 9.17) is 23.9 Å². The summed E-state index contributed by atoms with van der Waals surface area (Å²) in [5.41, 5.74) is 2.53. The van der Waals surface area contributed by atoms with Crippen molar-refractivity contribution in [2.75, 3.05) is 43.6 Å². The summed E-state index contributed by atoms with van der Waals surface area (Å²) in [6, 6.07) is 11.4. The lowest BCUT2D eigenvalue weighted by atomic mass is 9.82. The number of carbonyl (C=O) groups is 1. The van der Waals surface area contributed by atoms with Crippen LogP contribution in [0.1, 0.15) is 76.9 Å². The van der Waals surface area contributed by atoms with Crippen molar-refractivity contribution < 1.29 is 23.7 Å². The van der Waals surface area contributed by atoms with E-state index in [0.717, 1.165) is 67.0 Å². The van der Waals surface area contributed by atoms with Gasteiger partial charge in [-0.3, -0.25) is 0 Å². The van der Waals surface area contributed by atoms with Gasteiger partial charge in [0.1, 0.15) is 18.2 Å². The number of nitrogens with one attached hydrogen (secondary N) is 3. The molecular weight excluding hydrogens is 628 g/mol. The van der Waals surface area contributed by atoms with Gasteiger partial charge in [0, 0.05) is 49.6 Å². The lowest BCUT2D eigenvalue weighted by molar-refractivity contribution is -0.00552. The maximum Gasteiger partial charge on any atom is 0.510 e. The summed E-state index contributed by atoms with van der Waals surface area (Å²) in [5.74, 6) is 2.01. The molecule has 0 unspecified atom stereocenters. The smallest absolute Gasteiger partial charge is 0.435 e. The number of rotatable bonds is 15. The topological polar surface area (TPSA) is 183 Å². The van der Waals surface area contributed by atoms with Crippen molar-refractivity contribution in [1.29, 1.82) is 5.26 Å². The third-order valence-corrected chi connectivity index (χ3v) is 8.95. The molecule has 4 heterocycles. The number of ether oxygens (including phenoxy) is 4. The average molecular weight is 677 g/mol. The second-order valence-corrected chi connectivity index (χ2v) is 12.9. The average Bonchev–Trinajstić information content (AvgIpc) is 3.59. The van der Waals surface area contributed by atoms with E-state index in [1.165, 1.54) is 4.80 Å². The van der Waals surface area contributed by atoms with Gasteiger partial charge in [0.05, 0.1) is 30.4 Å². The standard InChI is InChI=1S/C34H48N10O5/c1-5-48-33(45)49-25(4)44-42-32(41-43-44)20-47-19-24(3)38-26-9-11-27(12-10-26)39-31-17-28(23(2)18-36-31)29-7-6-8-30(40-29)37-22-34(21-35)13-15-46-16-14-34/h6-8,17-18,24-27,38H,5,9-16,19-20,22H2,1-4H3,(H,36,39)(H,37,40)/t24-,25-,26?,27?/m0/s1. The highest BCUT2D eigenvalue weighted by atomic mass is 16.7. The Morgan fingerprint density at radius 2 is 1.94 bits per heavy atom. The number of tetrazole rings is 1. The van der Waals surface area contributed by atoms with Crippen LogP contribution >= 0.6 is 0 Å². The minimum Gasteiger partial charge on any atom is -0.435 e. The molecule has 2 atom stereocenters. The number of pyridine rings is 2. The van der Waals surface area contributed by atoms with Crippen LogP contribution in [-0.2, 0) is 25.6 Å². The Bertz CT molecular complexity index is 1550. The SMILES string of the molecule is CCOC(=O)O[C@@H](C)n1nnc(COC[C@H](C)NC2CCC(Nc3cc(-c4cccc(NCC5(C#N)CCOCC5)n4)c(C)cn3)CC2)n1. The predicted octanol–water partition coefficient (Wildman–Crippen LogP) is 4.78. The van der Waals surface area contributed by atoms with Gasteiger partial charge in [0.15, 0.2) is 0 Å². The largest absolute Gasteiger partial charge is 0.510 e. The van der Waals surface area contributed by atoms with Gasteiger partial charge in [-0.15, -0.1) is 15.0 Å². The molecule has 3 N–H and O–H groups in total. The van der Waals surface area contributed by atoms with Crippen LogP contribution in [0.3, 0.4) is 0 Å². The number of nitriles is 1. The second kappa shape index (κ2) is 17.3. The molecule has 1 aliphatic carbocycles. The van der Waals surface area contributed by atoms with Crippen molar-refractivity contribution in [3.8, 4) is 17.3 Å². The van der Waals surface area contributed by atoms with Crippen molar-refractivity contribution in [3.05, 3.63) is 41.9 Å². The minimum absolute atomic E-state index is 0.150. The number of anilines is 2. The van der Waals surface area contributed by atoms with Crippen molar-refractivity contribution in [2.45, 2.75) is 97.2 Å². The zero-order valence-corrected chi connectivity index (χ0v) is 28.9. The van der Waals surface area contributed by atoms with Gasteiger partial charge in [0.25, 0.3) is 0 Å². The summed E-state index contributed by atoms with van der Waals surface area (Å²) in [7, 11) is 0. The van der Waals surface area contributed by atoms with E-state index in [2.05, 4.69) is 55.4 Å². The highest BCUT2D eigenvalue weighted by Gasteiger charge is 2.32. The van der Waals surface area contributed by atoms with Gasteiger partial charge in [-0.05, 0) is 95.2 Å². The summed E-state index contributed by atoms with van der Waals surface area (Å²) in [4.78, 5) is 22.3. The van der Waals surface area contributed by atoms with E-state index in [0.29, 0.717) is 44.3 Å². The summed E-state index contributed by atoms with van der Waals surface area (Å²) < 4.78 is 21.2. The Kier molecular flexibility index (Phi) is 12.7. The molecule has 5 rings (SSSR count). The minimum atomic E-state index is -0.780. The highest BCUT2D eigenvalue weighted by Crippen LogP contribution is 2.31. The number of hydrogen-bond acceptors (Lipinski definition) is 14. The zero-order chi connectivity index (χ0) is 34.6. The lowest BCUT2D eigenvalue weighted by Gasteiger charge is -2.32. The highest BCUT2D eigenvalue weighted by molar-refractivity contribution is 5.68. The van der Waals surface area contributed by atoms with Crippen LogP contribution in [-0.4, -0.2) is 87.4 Å². The second-order valence-electron chi connectivity index (χ2n) is 12.9. The van der Waals surface area contributed by atoms with Gasteiger partial charge in [-0.2, -0.15) is 5.26 Å². The molecule has 2 fully saturated rings. The molecule has 0 radical (unpaired) electrons. The van der Waals surface area contributed by atoms with E-state index >= 15 is 0 Å². The van der Waals surface area contributed by atoms with Crippen LogP contribution < -0.4 is 16.0 Å². The number of aryl methyl sites for hydroxylation is 1. The summed E-state index contributed by atoms with van der Waals surface area (Å²) in [6.07, 6.45) is 5.97. The normalized spacial score (nSPS) is 20.1. The molecule has 1 saturated heterocycles. The van der Waals surface area contributed by atoms with Crippen LogP contribution in [0.15, 0.2) is 30.5 Å². The molecule has 0 bridgehead atoms. The van der Waals surface area contributed by atoms with E-state index in [1.807, 2.05) is 31.3 Å². The van der Waals surface area contributed by atoms with Crippen LogP contribution in [0.5, 0.6) is 0 Å². The van der Waals surface area contributed by atoms with Crippen molar-refractivity contribution in [2.24, 2.45) is 5.41 Å². The number of nitrogens with zero attached hydrogens (tertiary/aromatic N) is 7. The first-order chi connectivity index (χ1) is 23.8. The van der Waals surface area contributed by atoms with Crippen LogP contribution in [0, 0.1) is 23.7 Å². The Hall–Kier alpha value is -4.39. The fourth-order valence-corrected chi connectivity index (χ4v) is 6.11. The molecule has 15 heteroatoms. The Morgan fingerprint density at radius 1 is 1.16 bits per heavy atom. The summed E-state index contributed by atoms with van der Waals surface area (Å²) >= 11 is 0. The molecular formula is C34H48N10O5. The number of aromatic nitrogens is 6. The molecule has 15 nitrogen and oxygen atoms in total. The fraction of sp³-hybridized carbons (Fsp3) is 0.618. The van der Waals surface area contributed by atoms with Crippen LogP contribution in [0.25, 0.3) is 11.3 Å². The maximum atomic E-state index is 11.5. The molecule has 49 heavy (non-hydrogen) atoms. The van der Waals surface area contributed by atoms with E-state index in [9.17, 15) is 10.1 Å². The predicted molar refractivity (Wildman–Crippen MR) is 181 cm³/mol. The first-order valence-corrected chi connectivity index (χ1v) is 17.1. The van der Waals surface area contributed by atoms with Gasteiger partial charge >= 0.3 is 6.16 Å². The van der Waals surface area contributed by atoms with E-state index in [1.54, 1.807) is 13.8 Å². The van der Waals surface area contributed by atoms with Gasteiger partial charge < -0.3 is 34.9 Å². The number of hydrogen-bond donors (Lipinski definition) is 3.